The maximum atomic E-state index is 6.16. The normalized spacial score (nSPS) is 11.6. The summed E-state index contributed by atoms with van der Waals surface area (Å²) in [6.45, 7) is 6.40. The van der Waals surface area contributed by atoms with Crippen LogP contribution in [0.1, 0.15) is 26.5 Å². The number of nitrogens with zero attached hydrogens (tertiary/aromatic N) is 2. The molecule has 2 rings (SSSR count). The third-order valence-corrected chi connectivity index (χ3v) is 3.95. The monoisotopic (exact) mass is 371 g/mol. The van der Waals surface area contributed by atoms with E-state index in [-0.39, 0.29) is 5.41 Å². The lowest BCUT2D eigenvalue weighted by Crippen LogP contribution is -2.14. The first-order valence-corrected chi connectivity index (χ1v) is 7.11. The van der Waals surface area contributed by atoms with Crippen LogP contribution in [0.3, 0.4) is 0 Å². The van der Waals surface area contributed by atoms with Gasteiger partial charge >= 0.3 is 0 Å². The standard InChI is InChI=1S/C14H18IN3O/c1-14(2,3)12-11(15)13(16)18(17-12)9-5-7-10(19-4)8-6-9/h5-8H,16H2,1-4H3. The lowest BCUT2D eigenvalue weighted by atomic mass is 9.92. The Hall–Kier alpha value is -1.24. The Morgan fingerprint density at radius 1 is 1.21 bits per heavy atom. The van der Waals surface area contributed by atoms with Crippen LogP contribution in [0.4, 0.5) is 5.82 Å². The Kier molecular flexibility index (Phi) is 3.75. The van der Waals surface area contributed by atoms with Gasteiger partial charge in [-0.2, -0.15) is 5.10 Å². The summed E-state index contributed by atoms with van der Waals surface area (Å²) < 4.78 is 7.95. The molecule has 0 aliphatic heterocycles. The van der Waals surface area contributed by atoms with Gasteiger partial charge in [0.1, 0.15) is 11.6 Å². The molecule has 1 aromatic heterocycles. The third kappa shape index (κ3) is 2.70. The van der Waals surface area contributed by atoms with E-state index in [9.17, 15) is 0 Å². The Morgan fingerprint density at radius 2 is 1.79 bits per heavy atom. The van der Waals surface area contributed by atoms with Gasteiger partial charge in [-0.3, -0.25) is 0 Å². The Balaban J connectivity index is 2.50. The number of anilines is 1. The number of rotatable bonds is 2. The molecule has 1 aromatic carbocycles. The Morgan fingerprint density at radius 3 is 2.21 bits per heavy atom. The molecule has 0 aliphatic rings. The molecule has 0 fully saturated rings. The summed E-state index contributed by atoms with van der Waals surface area (Å²) in [5.41, 5.74) is 8.09. The number of ether oxygens (including phenoxy) is 1. The van der Waals surface area contributed by atoms with Gasteiger partial charge in [0.15, 0.2) is 0 Å². The molecule has 1 heterocycles. The van der Waals surface area contributed by atoms with Crippen LogP contribution in [0.25, 0.3) is 5.69 Å². The molecule has 102 valence electrons. The van der Waals surface area contributed by atoms with Crippen molar-refractivity contribution in [2.75, 3.05) is 12.8 Å². The van der Waals surface area contributed by atoms with Crippen molar-refractivity contribution in [3.8, 4) is 11.4 Å². The lowest BCUT2D eigenvalue weighted by molar-refractivity contribution is 0.414. The first-order chi connectivity index (χ1) is 8.84. The van der Waals surface area contributed by atoms with Crippen LogP contribution >= 0.6 is 22.6 Å². The zero-order valence-corrected chi connectivity index (χ0v) is 13.7. The third-order valence-electron chi connectivity index (χ3n) is 2.89. The minimum absolute atomic E-state index is 0.0254. The van der Waals surface area contributed by atoms with Crippen LogP contribution in [-0.2, 0) is 5.41 Å². The molecule has 4 nitrogen and oxygen atoms in total. The molecule has 0 saturated heterocycles. The molecular formula is C14H18IN3O. The summed E-state index contributed by atoms with van der Waals surface area (Å²) in [5, 5.41) is 4.65. The van der Waals surface area contributed by atoms with Gasteiger partial charge < -0.3 is 10.5 Å². The predicted molar refractivity (Wildman–Crippen MR) is 85.9 cm³/mol. The van der Waals surface area contributed by atoms with Crippen molar-refractivity contribution in [3.05, 3.63) is 33.5 Å². The highest BCUT2D eigenvalue weighted by Crippen LogP contribution is 2.31. The highest BCUT2D eigenvalue weighted by atomic mass is 127. The quantitative estimate of drug-likeness (QED) is 0.824. The largest absolute Gasteiger partial charge is 0.497 e. The topological polar surface area (TPSA) is 53.1 Å². The Labute approximate surface area is 127 Å². The van der Waals surface area contributed by atoms with E-state index in [2.05, 4.69) is 48.5 Å². The number of hydrogen-bond acceptors (Lipinski definition) is 3. The van der Waals surface area contributed by atoms with Crippen LogP contribution in [-0.4, -0.2) is 16.9 Å². The minimum Gasteiger partial charge on any atom is -0.497 e. The summed E-state index contributed by atoms with van der Waals surface area (Å²) in [5.74, 6) is 1.50. The van der Waals surface area contributed by atoms with Crippen LogP contribution in [0.5, 0.6) is 5.75 Å². The van der Waals surface area contributed by atoms with Gasteiger partial charge in [0, 0.05) is 5.41 Å². The maximum absolute atomic E-state index is 6.16. The molecule has 19 heavy (non-hydrogen) atoms. The van der Waals surface area contributed by atoms with Gasteiger partial charge in [0.2, 0.25) is 0 Å². The molecule has 0 aliphatic carbocycles. The van der Waals surface area contributed by atoms with Crippen LogP contribution in [0.2, 0.25) is 0 Å². The first-order valence-electron chi connectivity index (χ1n) is 6.03. The van der Waals surface area contributed by atoms with E-state index in [4.69, 9.17) is 10.5 Å². The molecule has 2 N–H and O–H groups in total. The fourth-order valence-electron chi connectivity index (χ4n) is 1.81. The summed E-state index contributed by atoms with van der Waals surface area (Å²) in [4.78, 5) is 0. The minimum atomic E-state index is -0.0254. The van der Waals surface area contributed by atoms with Gasteiger partial charge in [0.25, 0.3) is 0 Å². The second-order valence-electron chi connectivity index (χ2n) is 5.41. The van der Waals surface area contributed by atoms with E-state index in [1.54, 1.807) is 11.8 Å². The van der Waals surface area contributed by atoms with E-state index >= 15 is 0 Å². The fourth-order valence-corrected chi connectivity index (χ4v) is 2.96. The number of hydrogen-bond donors (Lipinski definition) is 1. The van der Waals surface area contributed by atoms with Crippen molar-refractivity contribution in [3.63, 3.8) is 0 Å². The highest BCUT2D eigenvalue weighted by molar-refractivity contribution is 14.1. The van der Waals surface area contributed by atoms with Gasteiger partial charge in [-0.05, 0) is 46.9 Å². The number of halogens is 1. The van der Waals surface area contributed by atoms with Crippen molar-refractivity contribution in [1.29, 1.82) is 0 Å². The zero-order chi connectivity index (χ0) is 14.2. The van der Waals surface area contributed by atoms with Gasteiger partial charge in [-0.1, -0.05) is 20.8 Å². The smallest absolute Gasteiger partial charge is 0.141 e. The summed E-state index contributed by atoms with van der Waals surface area (Å²) in [6.07, 6.45) is 0. The molecule has 0 atom stereocenters. The molecule has 2 aromatic rings. The molecule has 0 radical (unpaired) electrons. The predicted octanol–water partition coefficient (Wildman–Crippen LogP) is 3.37. The highest BCUT2D eigenvalue weighted by Gasteiger charge is 2.24. The molecule has 5 heteroatoms. The van der Waals surface area contributed by atoms with E-state index in [0.717, 1.165) is 20.7 Å². The molecule has 0 bridgehead atoms. The molecular weight excluding hydrogens is 353 g/mol. The zero-order valence-electron chi connectivity index (χ0n) is 11.6. The number of benzene rings is 1. The van der Waals surface area contributed by atoms with E-state index in [0.29, 0.717) is 5.82 Å². The summed E-state index contributed by atoms with van der Waals surface area (Å²) in [7, 11) is 1.65. The fraction of sp³-hybridized carbons (Fsp3) is 0.357. The number of nitrogen functional groups attached to an aromatic ring is 1. The van der Waals surface area contributed by atoms with Gasteiger partial charge in [0.05, 0.1) is 22.1 Å². The van der Waals surface area contributed by atoms with Crippen LogP contribution < -0.4 is 10.5 Å². The van der Waals surface area contributed by atoms with Crippen molar-refractivity contribution in [2.45, 2.75) is 26.2 Å². The SMILES string of the molecule is COc1ccc(-n2nc(C(C)(C)C)c(I)c2N)cc1. The molecule has 0 unspecified atom stereocenters. The van der Waals surface area contributed by atoms with Crippen LogP contribution in [0, 0.1) is 3.57 Å². The Bertz CT molecular complexity index is 582. The second-order valence-corrected chi connectivity index (χ2v) is 6.49. The summed E-state index contributed by atoms with van der Waals surface area (Å²) in [6, 6.07) is 7.70. The van der Waals surface area contributed by atoms with E-state index in [1.165, 1.54) is 0 Å². The van der Waals surface area contributed by atoms with E-state index < -0.39 is 0 Å². The molecule has 0 saturated carbocycles. The van der Waals surface area contributed by atoms with Crippen LogP contribution in [0.15, 0.2) is 24.3 Å². The number of nitrogens with two attached hydrogens (primary N) is 1. The van der Waals surface area contributed by atoms with Gasteiger partial charge in [-0.25, -0.2) is 4.68 Å². The molecule has 0 amide bonds. The average Bonchev–Trinajstić information content (AvgIpc) is 2.66. The lowest BCUT2D eigenvalue weighted by Gasteiger charge is -2.15. The van der Waals surface area contributed by atoms with Crippen molar-refractivity contribution < 1.29 is 4.74 Å². The summed E-state index contributed by atoms with van der Waals surface area (Å²) >= 11 is 2.26. The average molecular weight is 371 g/mol. The van der Waals surface area contributed by atoms with Gasteiger partial charge in [-0.15, -0.1) is 0 Å². The number of aromatic nitrogens is 2. The maximum Gasteiger partial charge on any atom is 0.141 e. The van der Waals surface area contributed by atoms with E-state index in [1.807, 2.05) is 24.3 Å². The van der Waals surface area contributed by atoms with Crippen molar-refractivity contribution in [1.82, 2.24) is 9.78 Å². The second kappa shape index (κ2) is 5.03. The van der Waals surface area contributed by atoms with Crippen molar-refractivity contribution in [2.24, 2.45) is 0 Å². The molecule has 0 spiro atoms. The first kappa shape index (κ1) is 14.2. The number of methoxy groups -OCH3 is 1. The van der Waals surface area contributed by atoms with Crippen molar-refractivity contribution >= 4 is 28.4 Å².